The maximum Gasteiger partial charge on any atom is 0.327 e. The van der Waals surface area contributed by atoms with Crippen molar-refractivity contribution in [2.45, 2.75) is 113 Å². The molecule has 17 N–H and O–H groups in total. The van der Waals surface area contributed by atoms with Crippen molar-refractivity contribution < 1.29 is 92.7 Å². The van der Waals surface area contributed by atoms with Crippen LogP contribution in [0, 0.1) is 0 Å². The van der Waals surface area contributed by atoms with Gasteiger partial charge in [-0.2, -0.15) is 12.6 Å². The average molecular weight is 1210 g/mol. The number of nitrogens with one attached hydrogen (secondary N) is 10. The number of hydrogen-bond donors (Lipinski definition) is 17. The zero-order chi connectivity index (χ0) is 63.0. The first kappa shape index (κ1) is 69.6. The average Bonchev–Trinajstić information content (AvgIpc) is 3.65. The molecule has 1 unspecified atom stereocenters. The van der Waals surface area contributed by atoms with Crippen molar-refractivity contribution in [2.75, 3.05) is 25.4 Å². The largest absolute Gasteiger partial charge is 0.481 e. The topological polar surface area (TPSA) is 486 Å². The highest BCUT2D eigenvalue weighted by Crippen LogP contribution is 2.10. The van der Waals surface area contributed by atoms with Crippen molar-refractivity contribution in [3.63, 3.8) is 0 Å². The molecule has 0 spiro atoms. The molecule has 0 heterocycles. The van der Waals surface area contributed by atoms with Crippen LogP contribution in [0.1, 0.15) is 61.6 Å². The van der Waals surface area contributed by atoms with Gasteiger partial charge in [0.25, 0.3) is 0 Å². The molecule has 0 aliphatic heterocycles. The minimum Gasteiger partial charge on any atom is -0.481 e. The van der Waals surface area contributed by atoms with Crippen molar-refractivity contribution in [1.82, 2.24) is 53.2 Å². The van der Waals surface area contributed by atoms with Gasteiger partial charge in [-0.1, -0.05) is 91.0 Å². The van der Waals surface area contributed by atoms with Crippen LogP contribution in [0.5, 0.6) is 0 Å². The van der Waals surface area contributed by atoms with E-state index in [0.717, 1.165) is 0 Å². The van der Waals surface area contributed by atoms with E-state index in [1.807, 2.05) is 10.6 Å². The summed E-state index contributed by atoms with van der Waals surface area (Å²) in [6.45, 7) is -1.32. The molecule has 0 bridgehead atoms. The number of thiol groups is 1. The third-order valence-electron chi connectivity index (χ3n) is 12.3. The molecule has 3 aromatic rings. The molecule has 0 aromatic heterocycles. The maximum atomic E-state index is 14.1. The summed E-state index contributed by atoms with van der Waals surface area (Å²) in [4.78, 5) is 176. The molecule has 0 fully saturated rings. The second-order valence-corrected chi connectivity index (χ2v) is 19.4. The second kappa shape index (κ2) is 36.7. The van der Waals surface area contributed by atoms with Crippen LogP contribution < -0.4 is 58.9 Å². The molecule has 0 aliphatic rings. The quantitative estimate of drug-likeness (QED) is 0.0200. The van der Waals surface area contributed by atoms with Gasteiger partial charge in [0.05, 0.1) is 13.0 Å². The summed E-state index contributed by atoms with van der Waals surface area (Å²) in [6, 6.07) is 11.9. The Bertz CT molecular complexity index is 2820. The standard InChI is InChI=1S/C54H69N11O19S/c55-33(46(73)61-39(26-45(71)72)50(77)63-40(29-85)53(82)83)27-58-48(75)37(24-31-13-6-2-7-14-31)62-49(76)38(25-32-15-8-3-9-16-32)60-43(68)28-57-41(66)17-10-22-56-47(74)36(23-30-11-4-1-5-12-30)59-42(67)20-18-34(51(78)79)64-54(84)65-35(52(80)81)19-21-44(69)70/h1-9,11-16,33-40,85H,10,17-29,55H2,(H,56,74)(H,57,66)(H,58,75)(H,59,67)(H,60,68)(H,61,73)(H,62,76)(H,63,77)(H,69,70)(H,71,72)(H,78,79)(H,80,81)(H,82,83)(H2,64,65,84)/t33-,34?,35-,36-,37-,38-,39-,40-/m0/s1. The maximum absolute atomic E-state index is 14.1. The Kier molecular flexibility index (Phi) is 30.1. The summed E-state index contributed by atoms with van der Waals surface area (Å²) < 4.78 is 0. The predicted octanol–water partition coefficient (Wildman–Crippen LogP) is -3.07. The normalized spacial score (nSPS) is 13.5. The number of carbonyl (C=O) groups is 14. The number of nitrogens with two attached hydrogens (primary N) is 1. The lowest BCUT2D eigenvalue weighted by Crippen LogP contribution is -2.59. The van der Waals surface area contributed by atoms with Gasteiger partial charge in [0, 0.05) is 57.4 Å². The van der Waals surface area contributed by atoms with Gasteiger partial charge in [-0.3, -0.25) is 47.9 Å². The van der Waals surface area contributed by atoms with Gasteiger partial charge < -0.3 is 84.4 Å². The van der Waals surface area contributed by atoms with Gasteiger partial charge >= 0.3 is 35.9 Å². The molecule has 3 aromatic carbocycles. The molecule has 0 saturated carbocycles. The fourth-order valence-electron chi connectivity index (χ4n) is 7.78. The Morgan fingerprint density at radius 2 is 0.835 bits per heavy atom. The van der Waals surface area contributed by atoms with Crippen LogP contribution in [0.25, 0.3) is 0 Å². The number of aliphatic carboxylic acids is 5. The fourth-order valence-corrected chi connectivity index (χ4v) is 8.02. The Morgan fingerprint density at radius 1 is 0.412 bits per heavy atom. The van der Waals surface area contributed by atoms with Gasteiger partial charge in [-0.15, -0.1) is 0 Å². The lowest BCUT2D eigenvalue weighted by molar-refractivity contribution is -0.143. The summed E-state index contributed by atoms with van der Waals surface area (Å²) >= 11 is 3.85. The summed E-state index contributed by atoms with van der Waals surface area (Å²) in [5.41, 5.74) is 7.81. The van der Waals surface area contributed by atoms with Gasteiger partial charge in [0.2, 0.25) is 47.3 Å². The van der Waals surface area contributed by atoms with E-state index in [1.165, 1.54) is 0 Å². The van der Waals surface area contributed by atoms with E-state index in [2.05, 4.69) is 55.2 Å². The SMILES string of the molecule is N[C@@H](CNC(=O)[C@H](Cc1ccccc1)NC(=O)[C@H](Cc1ccccc1)NC(=O)CNC(=O)CCCNC(=O)[C@H](Cc1ccccc1)NC(=O)CCC(NC(=O)N[C@@H](CCC(=O)O)C(=O)O)C(=O)O)C(=O)N[C@@H](CC(=O)O)C(=O)N[C@@H](CS)C(=O)O. The number of carboxylic acid groups (broad SMARTS) is 5. The third-order valence-corrected chi connectivity index (χ3v) is 12.6. The Labute approximate surface area is 491 Å². The van der Waals surface area contributed by atoms with E-state index in [9.17, 15) is 87.5 Å². The highest BCUT2D eigenvalue weighted by Gasteiger charge is 2.32. The van der Waals surface area contributed by atoms with Crippen LogP contribution in [0.3, 0.4) is 0 Å². The van der Waals surface area contributed by atoms with Crippen molar-refractivity contribution >= 4 is 95.8 Å². The second-order valence-electron chi connectivity index (χ2n) is 19.0. The first-order valence-electron chi connectivity index (χ1n) is 26.3. The lowest BCUT2D eigenvalue weighted by Gasteiger charge is -2.24. The Balaban J connectivity index is 1.62. The van der Waals surface area contributed by atoms with E-state index < -0.39 is 177 Å². The summed E-state index contributed by atoms with van der Waals surface area (Å²) in [5, 5.41) is 70.0. The molecular formula is C54H69N11O19S. The minimum atomic E-state index is -1.77. The zero-order valence-corrected chi connectivity index (χ0v) is 46.5. The molecule has 30 nitrogen and oxygen atoms in total. The number of carboxylic acids is 5. The van der Waals surface area contributed by atoms with E-state index in [-0.39, 0.29) is 44.4 Å². The molecular weight excluding hydrogens is 1140 g/mol. The van der Waals surface area contributed by atoms with Gasteiger partial charge in [0.1, 0.15) is 48.3 Å². The van der Waals surface area contributed by atoms with Crippen LogP contribution >= 0.6 is 12.6 Å². The molecule has 31 heteroatoms. The first-order valence-corrected chi connectivity index (χ1v) is 27.0. The van der Waals surface area contributed by atoms with Crippen LogP contribution in [-0.2, 0) is 81.6 Å². The third kappa shape index (κ3) is 27.3. The highest BCUT2D eigenvalue weighted by atomic mass is 32.1. The molecule has 85 heavy (non-hydrogen) atoms. The van der Waals surface area contributed by atoms with Crippen LogP contribution in [-0.4, -0.2) is 182 Å². The minimum absolute atomic E-state index is 0.0236. The monoisotopic (exact) mass is 1210 g/mol. The molecule has 0 aliphatic carbocycles. The smallest absolute Gasteiger partial charge is 0.327 e. The first-order chi connectivity index (χ1) is 40.3. The highest BCUT2D eigenvalue weighted by molar-refractivity contribution is 7.80. The predicted molar refractivity (Wildman–Crippen MR) is 301 cm³/mol. The Hall–Kier alpha value is -9.65. The van der Waals surface area contributed by atoms with Crippen LogP contribution in [0.15, 0.2) is 91.0 Å². The number of amides is 10. The molecule has 8 atom stereocenters. The lowest BCUT2D eigenvalue weighted by atomic mass is 10.0. The van der Waals surface area contributed by atoms with Gasteiger partial charge in [-0.25, -0.2) is 19.2 Å². The van der Waals surface area contributed by atoms with E-state index in [4.69, 9.17) is 10.8 Å². The number of benzene rings is 3. The summed E-state index contributed by atoms with van der Waals surface area (Å²) in [7, 11) is 0. The molecule has 0 radical (unpaired) electrons. The number of urea groups is 1. The number of rotatable bonds is 38. The van der Waals surface area contributed by atoms with Gasteiger partial charge in [-0.05, 0) is 36.0 Å². The van der Waals surface area contributed by atoms with Crippen molar-refractivity contribution in [3.05, 3.63) is 108 Å². The zero-order valence-electron chi connectivity index (χ0n) is 45.7. The van der Waals surface area contributed by atoms with Crippen molar-refractivity contribution in [1.29, 1.82) is 0 Å². The molecule has 0 saturated heterocycles. The molecule has 460 valence electrons. The van der Waals surface area contributed by atoms with E-state index in [1.54, 1.807) is 91.0 Å². The number of carbonyl (C=O) groups excluding carboxylic acids is 9. The number of hydrogen-bond acceptors (Lipinski definition) is 16. The van der Waals surface area contributed by atoms with Crippen LogP contribution in [0.2, 0.25) is 0 Å². The van der Waals surface area contributed by atoms with Crippen molar-refractivity contribution in [3.8, 4) is 0 Å². The van der Waals surface area contributed by atoms with E-state index >= 15 is 0 Å². The molecule has 10 amide bonds. The van der Waals surface area contributed by atoms with Gasteiger partial charge in [0.15, 0.2) is 0 Å². The Morgan fingerprint density at radius 3 is 1.31 bits per heavy atom. The van der Waals surface area contributed by atoms with E-state index in [0.29, 0.717) is 16.7 Å². The van der Waals surface area contributed by atoms with Crippen LogP contribution in [0.4, 0.5) is 4.79 Å². The molecule has 3 rings (SSSR count). The summed E-state index contributed by atoms with van der Waals surface area (Å²) in [6.07, 6.45) is -3.50. The summed E-state index contributed by atoms with van der Waals surface area (Å²) in [5.74, 6) is -14.7. The fraction of sp³-hybridized carbons (Fsp3) is 0.407. The van der Waals surface area contributed by atoms with Crippen molar-refractivity contribution in [2.24, 2.45) is 5.73 Å².